The summed E-state index contributed by atoms with van der Waals surface area (Å²) >= 11 is 0. The second-order valence-electron chi connectivity index (χ2n) is 11.1. The number of likely N-dealkylation sites (tertiary alicyclic amines) is 1. The quantitative estimate of drug-likeness (QED) is 0.160. The number of aliphatic hydroxyl groups is 1. The van der Waals surface area contributed by atoms with Crippen molar-refractivity contribution in [3.8, 4) is 5.75 Å². The molecule has 3 aromatic carbocycles. The van der Waals surface area contributed by atoms with Crippen LogP contribution in [0.1, 0.15) is 36.0 Å². The molecule has 0 bridgehead atoms. The maximum atomic E-state index is 14.8. The standard InChI is InChI=1S/C32H32F3N3O6/c33-32(34,35)31(41,21-36-16-14-26(15-17-36)44-25-10-6-22(7-11-25)8-13-30(39)40)28-20-37(19-23-4-2-1-3-5-23)29-18-24(38(42)43)9-12-27(28)29/h1-7,9-12,18,20,26,41H,8,13-17,19,21H2,(H,39,40). The Hall–Kier alpha value is -4.42. The van der Waals surface area contributed by atoms with E-state index in [4.69, 9.17) is 9.84 Å². The Labute approximate surface area is 251 Å². The highest BCUT2D eigenvalue weighted by molar-refractivity contribution is 5.87. The number of alkyl halides is 3. The number of hydrogen-bond donors (Lipinski definition) is 2. The lowest BCUT2D eigenvalue weighted by Gasteiger charge is -2.39. The maximum Gasteiger partial charge on any atom is 0.422 e. The molecule has 4 aromatic rings. The van der Waals surface area contributed by atoms with Gasteiger partial charge in [0.1, 0.15) is 11.9 Å². The van der Waals surface area contributed by atoms with E-state index >= 15 is 0 Å². The summed E-state index contributed by atoms with van der Waals surface area (Å²) in [6, 6.07) is 19.7. The van der Waals surface area contributed by atoms with Crippen LogP contribution < -0.4 is 4.74 Å². The van der Waals surface area contributed by atoms with Crippen LogP contribution in [0.5, 0.6) is 5.75 Å². The number of nitro groups is 1. The van der Waals surface area contributed by atoms with Crippen molar-refractivity contribution in [1.29, 1.82) is 0 Å². The third-order valence-corrected chi connectivity index (χ3v) is 8.03. The first-order valence-electron chi connectivity index (χ1n) is 14.2. The molecule has 232 valence electrons. The molecule has 1 fully saturated rings. The van der Waals surface area contributed by atoms with Gasteiger partial charge in [0.2, 0.25) is 5.60 Å². The smallest absolute Gasteiger partial charge is 0.422 e. The van der Waals surface area contributed by atoms with Gasteiger partial charge in [0.15, 0.2) is 0 Å². The van der Waals surface area contributed by atoms with E-state index in [1.165, 1.54) is 22.9 Å². The number of nitrogens with zero attached hydrogens (tertiary/aromatic N) is 3. The van der Waals surface area contributed by atoms with Crippen LogP contribution in [0.25, 0.3) is 10.9 Å². The molecule has 0 spiro atoms. The largest absolute Gasteiger partial charge is 0.490 e. The molecule has 1 unspecified atom stereocenters. The number of aliphatic carboxylic acids is 1. The van der Waals surface area contributed by atoms with Gasteiger partial charge in [0.25, 0.3) is 5.69 Å². The van der Waals surface area contributed by atoms with Crippen LogP contribution in [0, 0.1) is 10.1 Å². The van der Waals surface area contributed by atoms with Gasteiger partial charge in [-0.05, 0) is 48.6 Å². The minimum Gasteiger partial charge on any atom is -0.490 e. The molecule has 1 atom stereocenters. The fourth-order valence-electron chi connectivity index (χ4n) is 5.65. The number of aromatic nitrogens is 1. The zero-order chi connectivity index (χ0) is 31.5. The molecule has 0 aliphatic carbocycles. The number of non-ortho nitro benzene ring substituents is 1. The molecule has 1 aliphatic heterocycles. The predicted octanol–water partition coefficient (Wildman–Crippen LogP) is 5.91. The fourth-order valence-corrected chi connectivity index (χ4v) is 5.65. The van der Waals surface area contributed by atoms with E-state index < -0.39 is 29.2 Å². The number of benzene rings is 3. The molecule has 1 aromatic heterocycles. The number of halogens is 3. The number of carboxylic acid groups (broad SMARTS) is 1. The van der Waals surface area contributed by atoms with Gasteiger partial charge >= 0.3 is 12.1 Å². The predicted molar refractivity (Wildman–Crippen MR) is 157 cm³/mol. The van der Waals surface area contributed by atoms with Crippen LogP contribution in [0.15, 0.2) is 79.0 Å². The fraction of sp³-hybridized carbons (Fsp3) is 0.344. The average Bonchev–Trinajstić information content (AvgIpc) is 3.35. The number of nitro benzene ring substituents is 1. The van der Waals surface area contributed by atoms with Crippen molar-refractivity contribution >= 4 is 22.6 Å². The van der Waals surface area contributed by atoms with E-state index in [1.807, 2.05) is 6.07 Å². The van der Waals surface area contributed by atoms with Crippen molar-refractivity contribution in [3.05, 3.63) is 106 Å². The lowest BCUT2D eigenvalue weighted by molar-refractivity contribution is -0.384. The number of carbonyl (C=O) groups is 1. The Bertz CT molecular complexity index is 1620. The molecule has 0 radical (unpaired) electrons. The second kappa shape index (κ2) is 12.7. The summed E-state index contributed by atoms with van der Waals surface area (Å²) in [5, 5.41) is 31.9. The number of ether oxygens (including phenoxy) is 1. The van der Waals surface area contributed by atoms with Gasteiger partial charge in [-0.25, -0.2) is 0 Å². The topological polar surface area (TPSA) is 118 Å². The van der Waals surface area contributed by atoms with E-state index in [1.54, 1.807) is 53.4 Å². The van der Waals surface area contributed by atoms with Gasteiger partial charge in [-0.3, -0.25) is 19.8 Å². The van der Waals surface area contributed by atoms with E-state index in [2.05, 4.69) is 0 Å². The number of piperidine rings is 1. The molecule has 2 N–H and O–H groups in total. The molecular formula is C32H32F3N3O6. The third kappa shape index (κ3) is 6.87. The molecule has 44 heavy (non-hydrogen) atoms. The first-order chi connectivity index (χ1) is 20.9. The van der Waals surface area contributed by atoms with E-state index in [9.17, 15) is 33.2 Å². The van der Waals surface area contributed by atoms with E-state index in [-0.39, 0.29) is 54.3 Å². The lowest BCUT2D eigenvalue weighted by Crippen LogP contribution is -2.53. The number of β-amino-alcohol motifs (C(OH)–C–C–N with tert-alkyl or cyclic N) is 1. The number of rotatable bonds is 11. The summed E-state index contributed by atoms with van der Waals surface area (Å²) in [5.41, 5.74) is -1.98. The summed E-state index contributed by atoms with van der Waals surface area (Å²) in [6.07, 6.45) is -2.70. The summed E-state index contributed by atoms with van der Waals surface area (Å²) in [6.45, 7) is -0.0274. The van der Waals surface area contributed by atoms with Gasteiger partial charge in [0, 0.05) is 61.9 Å². The molecule has 2 heterocycles. The van der Waals surface area contributed by atoms with Crippen LogP contribution in [0.4, 0.5) is 18.9 Å². The summed E-state index contributed by atoms with van der Waals surface area (Å²) < 4.78 is 51.8. The highest BCUT2D eigenvalue weighted by atomic mass is 19.4. The summed E-state index contributed by atoms with van der Waals surface area (Å²) in [4.78, 5) is 23.2. The second-order valence-corrected chi connectivity index (χ2v) is 11.1. The van der Waals surface area contributed by atoms with Gasteiger partial charge in [-0.15, -0.1) is 0 Å². The van der Waals surface area contributed by atoms with Crippen LogP contribution in [-0.4, -0.2) is 62.5 Å². The first kappa shape index (κ1) is 31.0. The molecule has 9 nitrogen and oxygen atoms in total. The van der Waals surface area contributed by atoms with Crippen LogP contribution in [0.3, 0.4) is 0 Å². The third-order valence-electron chi connectivity index (χ3n) is 8.03. The monoisotopic (exact) mass is 611 g/mol. The molecule has 5 rings (SSSR count). The Morgan fingerprint density at radius 3 is 2.30 bits per heavy atom. The van der Waals surface area contributed by atoms with E-state index in [0.29, 0.717) is 25.0 Å². The molecule has 0 amide bonds. The number of hydrogen-bond acceptors (Lipinski definition) is 6. The number of aryl methyl sites for hydroxylation is 1. The Kier molecular flexibility index (Phi) is 8.93. The van der Waals surface area contributed by atoms with Crippen LogP contribution in [0.2, 0.25) is 0 Å². The Morgan fingerprint density at radius 2 is 1.68 bits per heavy atom. The van der Waals surface area contributed by atoms with Crippen LogP contribution >= 0.6 is 0 Å². The number of fused-ring (bicyclic) bond motifs is 1. The molecule has 1 aliphatic rings. The van der Waals surface area contributed by atoms with Crippen molar-refractivity contribution in [2.24, 2.45) is 0 Å². The summed E-state index contributed by atoms with van der Waals surface area (Å²) in [5.74, 6) is -0.286. The zero-order valence-electron chi connectivity index (χ0n) is 23.7. The van der Waals surface area contributed by atoms with Crippen molar-refractivity contribution < 1.29 is 37.8 Å². The minimum absolute atomic E-state index is 0.0242. The Balaban J connectivity index is 1.34. The normalized spacial score (nSPS) is 16.1. The SMILES string of the molecule is O=C(O)CCc1ccc(OC2CCN(CC(O)(c3cn(Cc4ccccc4)c4cc([N+](=O)[O-])ccc34)C(F)(F)F)CC2)cc1. The highest BCUT2D eigenvalue weighted by Gasteiger charge is 2.57. The lowest BCUT2D eigenvalue weighted by atomic mass is 9.91. The average molecular weight is 612 g/mol. The maximum absolute atomic E-state index is 14.8. The van der Waals surface area contributed by atoms with Crippen molar-refractivity contribution in [2.75, 3.05) is 19.6 Å². The highest BCUT2D eigenvalue weighted by Crippen LogP contribution is 2.44. The molecule has 12 heteroatoms. The molecule has 1 saturated heterocycles. The van der Waals surface area contributed by atoms with Gasteiger partial charge < -0.3 is 19.5 Å². The van der Waals surface area contributed by atoms with E-state index in [0.717, 1.165) is 17.2 Å². The molecular weight excluding hydrogens is 579 g/mol. The van der Waals surface area contributed by atoms with Crippen molar-refractivity contribution in [2.45, 2.75) is 50.1 Å². The Morgan fingerprint density at radius 1 is 1.00 bits per heavy atom. The van der Waals surface area contributed by atoms with Gasteiger partial charge in [-0.2, -0.15) is 13.2 Å². The first-order valence-corrected chi connectivity index (χ1v) is 14.2. The number of carboxylic acids is 1. The van der Waals surface area contributed by atoms with Gasteiger partial charge in [0.05, 0.1) is 10.4 Å². The molecule has 0 saturated carbocycles. The van der Waals surface area contributed by atoms with Crippen molar-refractivity contribution in [3.63, 3.8) is 0 Å². The zero-order valence-corrected chi connectivity index (χ0v) is 23.7. The summed E-state index contributed by atoms with van der Waals surface area (Å²) in [7, 11) is 0. The van der Waals surface area contributed by atoms with Gasteiger partial charge in [-0.1, -0.05) is 42.5 Å². The van der Waals surface area contributed by atoms with Crippen molar-refractivity contribution in [1.82, 2.24) is 9.47 Å². The minimum atomic E-state index is -5.03. The van der Waals surface area contributed by atoms with Crippen LogP contribution in [-0.2, 0) is 23.4 Å².